The number of epoxide rings is 1. The molecule has 12 heteroatoms. The molecular formula is C40H71O11P. The van der Waals surface area contributed by atoms with Gasteiger partial charge in [-0.3, -0.25) is 18.6 Å². The molecule has 11 nitrogen and oxygen atoms in total. The van der Waals surface area contributed by atoms with Crippen LogP contribution in [0.3, 0.4) is 0 Å². The number of phosphoric acid groups is 1. The van der Waals surface area contributed by atoms with Crippen LogP contribution in [0.25, 0.3) is 0 Å². The van der Waals surface area contributed by atoms with E-state index in [1.54, 1.807) is 0 Å². The molecule has 0 amide bonds. The standard InChI is InChI=1S/C40H71O11P/c1-4-5-6-7-8-9-10-11-12-16-19-22-26-37-38(51-37)27-24-29-39(43)47-32-36(33-49-52(45,46)48-31-35(42)30-41)50-40(44)28-23-20-17-14-13-15-18-21-25-34(2)3/h8-9,11-12,19,22,34-38,41-42H,4-7,10,13-18,20-21,23-33H2,1-3H3,(H,45,46)/b9-8-,12-11-,22-19-/t35-,36+,37?,38?/m0/s1. The molecule has 1 fully saturated rings. The lowest BCUT2D eigenvalue weighted by Gasteiger charge is -2.20. The van der Waals surface area contributed by atoms with Gasteiger partial charge >= 0.3 is 19.8 Å². The molecule has 0 bridgehead atoms. The van der Waals surface area contributed by atoms with Gasteiger partial charge in [0.2, 0.25) is 0 Å². The van der Waals surface area contributed by atoms with Gasteiger partial charge in [0.25, 0.3) is 0 Å². The minimum Gasteiger partial charge on any atom is -0.462 e. The quantitative estimate of drug-likeness (QED) is 0.0186. The fourth-order valence-electron chi connectivity index (χ4n) is 5.44. The Labute approximate surface area is 314 Å². The smallest absolute Gasteiger partial charge is 0.462 e. The van der Waals surface area contributed by atoms with E-state index in [0.717, 1.165) is 57.3 Å². The number of aliphatic hydroxyl groups is 2. The van der Waals surface area contributed by atoms with Gasteiger partial charge < -0.3 is 29.3 Å². The summed E-state index contributed by atoms with van der Waals surface area (Å²) >= 11 is 0. The van der Waals surface area contributed by atoms with E-state index >= 15 is 0 Å². The summed E-state index contributed by atoms with van der Waals surface area (Å²) in [5.41, 5.74) is 0. The summed E-state index contributed by atoms with van der Waals surface area (Å²) in [4.78, 5) is 35.0. The first-order valence-corrected chi connectivity index (χ1v) is 21.4. The number of ether oxygens (including phenoxy) is 3. The number of carbonyl (C=O) groups excluding carboxylic acids is 2. The Morgan fingerprint density at radius 2 is 1.37 bits per heavy atom. The number of hydrogen-bond donors (Lipinski definition) is 3. The lowest BCUT2D eigenvalue weighted by molar-refractivity contribution is -0.161. The number of rotatable bonds is 35. The van der Waals surface area contributed by atoms with E-state index in [4.69, 9.17) is 23.8 Å². The van der Waals surface area contributed by atoms with Crippen molar-refractivity contribution in [3.05, 3.63) is 36.5 Å². The molecule has 3 N–H and O–H groups in total. The van der Waals surface area contributed by atoms with Crippen molar-refractivity contribution in [2.45, 2.75) is 174 Å². The van der Waals surface area contributed by atoms with Gasteiger partial charge in [-0.25, -0.2) is 4.57 Å². The summed E-state index contributed by atoms with van der Waals surface area (Å²) in [5, 5.41) is 18.3. The highest BCUT2D eigenvalue weighted by Crippen LogP contribution is 2.43. The van der Waals surface area contributed by atoms with Crippen molar-refractivity contribution in [3.63, 3.8) is 0 Å². The molecule has 0 aliphatic carbocycles. The van der Waals surface area contributed by atoms with Gasteiger partial charge in [0.05, 0.1) is 32.0 Å². The Bertz CT molecular complexity index is 1040. The van der Waals surface area contributed by atoms with E-state index in [1.165, 1.54) is 51.4 Å². The van der Waals surface area contributed by atoms with Crippen molar-refractivity contribution in [3.8, 4) is 0 Å². The van der Waals surface area contributed by atoms with Gasteiger partial charge in [0.15, 0.2) is 6.10 Å². The van der Waals surface area contributed by atoms with E-state index in [1.807, 2.05) is 0 Å². The van der Waals surface area contributed by atoms with Crippen LogP contribution >= 0.6 is 7.82 Å². The molecule has 0 aromatic carbocycles. The first-order chi connectivity index (χ1) is 25.1. The van der Waals surface area contributed by atoms with Crippen LogP contribution in [0, 0.1) is 5.92 Å². The number of phosphoric ester groups is 1. The summed E-state index contributed by atoms with van der Waals surface area (Å²) in [6, 6.07) is 0. The average Bonchev–Trinajstić information content (AvgIpc) is 3.87. The van der Waals surface area contributed by atoms with Crippen molar-refractivity contribution in [1.82, 2.24) is 0 Å². The van der Waals surface area contributed by atoms with E-state index in [-0.39, 0.29) is 31.7 Å². The van der Waals surface area contributed by atoms with Gasteiger partial charge in [-0.05, 0) is 57.3 Å². The van der Waals surface area contributed by atoms with Crippen LogP contribution in [0.5, 0.6) is 0 Å². The van der Waals surface area contributed by atoms with Gasteiger partial charge in [-0.15, -0.1) is 0 Å². The third-order valence-electron chi connectivity index (χ3n) is 8.65. The zero-order chi connectivity index (χ0) is 38.3. The number of aliphatic hydroxyl groups excluding tert-OH is 2. The molecule has 1 saturated heterocycles. The first-order valence-electron chi connectivity index (χ1n) is 19.9. The van der Waals surface area contributed by atoms with E-state index < -0.39 is 51.8 Å². The lowest BCUT2D eigenvalue weighted by Crippen LogP contribution is -2.29. The Hall–Kier alpha value is -1.85. The molecule has 1 aliphatic heterocycles. The molecule has 1 aliphatic rings. The summed E-state index contributed by atoms with van der Waals surface area (Å²) in [6.45, 7) is 4.51. The first kappa shape index (κ1) is 48.2. The zero-order valence-electron chi connectivity index (χ0n) is 32.4. The van der Waals surface area contributed by atoms with E-state index in [2.05, 4.69) is 61.8 Å². The van der Waals surface area contributed by atoms with Gasteiger partial charge in [-0.1, -0.05) is 121 Å². The van der Waals surface area contributed by atoms with E-state index in [9.17, 15) is 24.2 Å². The van der Waals surface area contributed by atoms with Crippen molar-refractivity contribution in [2.75, 3.05) is 26.4 Å². The highest BCUT2D eigenvalue weighted by molar-refractivity contribution is 7.47. The fraction of sp³-hybridized carbons (Fsp3) is 0.800. The molecule has 0 radical (unpaired) electrons. The highest BCUT2D eigenvalue weighted by Gasteiger charge is 2.36. The second kappa shape index (κ2) is 31.5. The maximum atomic E-state index is 12.6. The number of allylic oxidation sites excluding steroid dienone is 5. The average molecular weight is 759 g/mol. The normalized spacial score (nSPS) is 18.4. The van der Waals surface area contributed by atoms with Crippen molar-refractivity contribution in [2.24, 2.45) is 5.92 Å². The predicted molar refractivity (Wildman–Crippen MR) is 205 cm³/mol. The molecule has 0 aromatic heterocycles. The largest absolute Gasteiger partial charge is 0.472 e. The van der Waals surface area contributed by atoms with E-state index in [0.29, 0.717) is 12.8 Å². The number of carbonyl (C=O) groups is 2. The van der Waals surface area contributed by atoms with Gasteiger partial charge in [-0.2, -0.15) is 0 Å². The molecule has 3 unspecified atom stereocenters. The minimum atomic E-state index is -4.63. The summed E-state index contributed by atoms with van der Waals surface area (Å²) < 4.78 is 38.3. The van der Waals surface area contributed by atoms with Crippen LogP contribution in [-0.2, 0) is 37.4 Å². The topological polar surface area (TPSA) is 161 Å². The Morgan fingerprint density at radius 3 is 2.04 bits per heavy atom. The molecule has 0 saturated carbocycles. The number of unbranched alkanes of at least 4 members (excludes halogenated alkanes) is 10. The Morgan fingerprint density at radius 1 is 0.750 bits per heavy atom. The van der Waals surface area contributed by atoms with Crippen LogP contribution in [0.1, 0.15) is 149 Å². The van der Waals surface area contributed by atoms with Gasteiger partial charge in [0, 0.05) is 12.8 Å². The second-order valence-corrected chi connectivity index (χ2v) is 15.6. The van der Waals surface area contributed by atoms with Crippen LogP contribution in [0.15, 0.2) is 36.5 Å². The summed E-state index contributed by atoms with van der Waals surface area (Å²) in [7, 11) is -4.63. The van der Waals surface area contributed by atoms with Crippen molar-refractivity contribution < 1.29 is 52.5 Å². The van der Waals surface area contributed by atoms with Crippen molar-refractivity contribution >= 4 is 19.8 Å². The SMILES string of the molecule is CCCCC/C=C\C/C=C\C/C=C\CC1OC1CCCC(=O)OC[C@H](COP(=O)(O)OC[C@@H](O)CO)OC(=O)CCCCCCCCCCC(C)C. The predicted octanol–water partition coefficient (Wildman–Crippen LogP) is 8.84. The van der Waals surface area contributed by atoms with Crippen LogP contribution in [-0.4, -0.2) is 77.9 Å². The molecule has 1 rings (SSSR count). The molecular weight excluding hydrogens is 687 g/mol. The van der Waals surface area contributed by atoms with Crippen LogP contribution in [0.4, 0.5) is 0 Å². The lowest BCUT2D eigenvalue weighted by atomic mass is 10.0. The zero-order valence-corrected chi connectivity index (χ0v) is 33.3. The molecule has 5 atom stereocenters. The molecule has 52 heavy (non-hydrogen) atoms. The highest BCUT2D eigenvalue weighted by atomic mass is 31.2. The van der Waals surface area contributed by atoms with Gasteiger partial charge in [0.1, 0.15) is 12.7 Å². The fourth-order valence-corrected chi connectivity index (χ4v) is 6.23. The number of hydrogen-bond acceptors (Lipinski definition) is 10. The van der Waals surface area contributed by atoms with Crippen LogP contribution in [0.2, 0.25) is 0 Å². The third kappa shape index (κ3) is 29.6. The maximum absolute atomic E-state index is 12.6. The van der Waals surface area contributed by atoms with Crippen molar-refractivity contribution in [1.29, 1.82) is 0 Å². The molecule has 1 heterocycles. The Balaban J connectivity index is 2.34. The van der Waals surface area contributed by atoms with Crippen LogP contribution < -0.4 is 0 Å². The minimum absolute atomic E-state index is 0.116. The Kier molecular flexibility index (Phi) is 29.2. The molecule has 302 valence electrons. The third-order valence-corrected chi connectivity index (χ3v) is 9.60. The monoisotopic (exact) mass is 758 g/mol. The number of esters is 2. The molecule has 0 aromatic rings. The summed E-state index contributed by atoms with van der Waals surface area (Å²) in [6.07, 6.45) is 30.1. The molecule has 0 spiro atoms. The summed E-state index contributed by atoms with van der Waals surface area (Å²) in [5.74, 6) is -0.255. The second-order valence-electron chi connectivity index (χ2n) is 14.2. The maximum Gasteiger partial charge on any atom is 0.472 e.